The summed E-state index contributed by atoms with van der Waals surface area (Å²) < 4.78 is 5.40. The van der Waals surface area contributed by atoms with Crippen molar-refractivity contribution < 1.29 is 9.32 Å². The zero-order chi connectivity index (χ0) is 20.1. The van der Waals surface area contributed by atoms with E-state index >= 15 is 0 Å². The van der Waals surface area contributed by atoms with E-state index in [0.717, 1.165) is 51.1 Å². The molecule has 150 valence electrons. The lowest BCUT2D eigenvalue weighted by molar-refractivity contribution is 0.0635. The maximum Gasteiger partial charge on any atom is 0.254 e. The van der Waals surface area contributed by atoms with Gasteiger partial charge < -0.3 is 9.42 Å². The molecular formula is C22H25N5O2. The second kappa shape index (κ2) is 8.96. The minimum absolute atomic E-state index is 0.0848. The normalized spacial score (nSPS) is 14.9. The lowest BCUT2D eigenvalue weighted by atomic mass is 10.1. The smallest absolute Gasteiger partial charge is 0.254 e. The predicted octanol–water partition coefficient (Wildman–Crippen LogP) is 2.83. The van der Waals surface area contributed by atoms with E-state index in [-0.39, 0.29) is 5.91 Å². The molecule has 7 heteroatoms. The van der Waals surface area contributed by atoms with Gasteiger partial charge in [-0.2, -0.15) is 4.98 Å². The first-order chi connectivity index (χ1) is 14.2. The molecule has 0 unspecified atom stereocenters. The van der Waals surface area contributed by atoms with Gasteiger partial charge in [-0.1, -0.05) is 35.0 Å². The molecule has 1 saturated heterocycles. The summed E-state index contributed by atoms with van der Waals surface area (Å²) in [5.74, 6) is 1.40. The number of rotatable bonds is 6. The van der Waals surface area contributed by atoms with E-state index in [4.69, 9.17) is 4.52 Å². The Labute approximate surface area is 170 Å². The first kappa shape index (κ1) is 19.3. The van der Waals surface area contributed by atoms with Crippen LogP contribution in [0.15, 0.2) is 53.3 Å². The zero-order valence-electron chi connectivity index (χ0n) is 16.6. The number of hydrogen-bond donors (Lipinski definition) is 0. The van der Waals surface area contributed by atoms with E-state index in [2.05, 4.69) is 26.9 Å². The Morgan fingerprint density at radius 1 is 1.03 bits per heavy atom. The molecule has 3 aromatic rings. The van der Waals surface area contributed by atoms with Crippen LogP contribution >= 0.6 is 0 Å². The Hall–Kier alpha value is -3.06. The van der Waals surface area contributed by atoms with Crippen LogP contribution in [0.3, 0.4) is 0 Å². The average molecular weight is 391 g/mol. The van der Waals surface area contributed by atoms with Gasteiger partial charge in [0.1, 0.15) is 0 Å². The third-order valence-corrected chi connectivity index (χ3v) is 5.23. The Morgan fingerprint density at radius 2 is 1.76 bits per heavy atom. The number of piperazine rings is 1. The molecule has 2 aromatic heterocycles. The second-order valence-electron chi connectivity index (χ2n) is 7.35. The first-order valence-corrected chi connectivity index (χ1v) is 10.0. The Balaban J connectivity index is 1.21. The summed E-state index contributed by atoms with van der Waals surface area (Å²) in [4.78, 5) is 25.3. The van der Waals surface area contributed by atoms with Crippen molar-refractivity contribution in [1.82, 2.24) is 24.9 Å². The monoisotopic (exact) mass is 391 g/mol. The number of nitrogens with zero attached hydrogens (tertiary/aromatic N) is 5. The molecule has 4 rings (SSSR count). The molecule has 1 amide bonds. The third kappa shape index (κ3) is 4.86. The van der Waals surface area contributed by atoms with Crippen molar-refractivity contribution in [3.05, 3.63) is 65.8 Å². The molecule has 0 saturated carbocycles. The van der Waals surface area contributed by atoms with Gasteiger partial charge in [0.2, 0.25) is 11.7 Å². The van der Waals surface area contributed by atoms with Crippen LogP contribution in [0.5, 0.6) is 0 Å². The number of carbonyl (C=O) groups is 1. The first-order valence-electron chi connectivity index (χ1n) is 10.0. The molecule has 29 heavy (non-hydrogen) atoms. The molecule has 3 heterocycles. The average Bonchev–Trinajstić information content (AvgIpc) is 3.24. The third-order valence-electron chi connectivity index (χ3n) is 5.23. The summed E-state index contributed by atoms with van der Waals surface area (Å²) in [5.41, 5.74) is 2.88. The van der Waals surface area contributed by atoms with E-state index < -0.39 is 0 Å². The van der Waals surface area contributed by atoms with Crippen LogP contribution in [0.1, 0.15) is 28.2 Å². The lowest BCUT2D eigenvalue weighted by Gasteiger charge is -2.34. The van der Waals surface area contributed by atoms with Crippen LogP contribution < -0.4 is 0 Å². The van der Waals surface area contributed by atoms with Crippen molar-refractivity contribution in [3.63, 3.8) is 0 Å². The summed E-state index contributed by atoms with van der Waals surface area (Å²) >= 11 is 0. The summed E-state index contributed by atoms with van der Waals surface area (Å²) in [5, 5.41) is 4.09. The molecule has 1 fully saturated rings. The molecule has 7 nitrogen and oxygen atoms in total. The van der Waals surface area contributed by atoms with Crippen molar-refractivity contribution >= 4 is 5.91 Å². The highest BCUT2D eigenvalue weighted by molar-refractivity contribution is 5.94. The molecule has 0 bridgehead atoms. The molecule has 0 spiro atoms. The van der Waals surface area contributed by atoms with Gasteiger partial charge in [-0.05, 0) is 32.0 Å². The number of hydrogen-bond acceptors (Lipinski definition) is 6. The summed E-state index contributed by atoms with van der Waals surface area (Å²) in [6.45, 7) is 6.28. The molecule has 1 aromatic carbocycles. The number of pyridine rings is 1. The predicted molar refractivity (Wildman–Crippen MR) is 109 cm³/mol. The number of aromatic nitrogens is 3. The number of aryl methyl sites for hydroxylation is 2. The minimum Gasteiger partial charge on any atom is -0.339 e. The zero-order valence-corrected chi connectivity index (χ0v) is 16.6. The Bertz CT molecular complexity index is 931. The highest BCUT2D eigenvalue weighted by atomic mass is 16.5. The van der Waals surface area contributed by atoms with Crippen LogP contribution in [0.2, 0.25) is 0 Å². The van der Waals surface area contributed by atoms with E-state index in [1.54, 1.807) is 24.5 Å². The van der Waals surface area contributed by atoms with E-state index in [0.29, 0.717) is 17.3 Å². The fourth-order valence-corrected chi connectivity index (χ4v) is 3.48. The highest BCUT2D eigenvalue weighted by Gasteiger charge is 2.22. The van der Waals surface area contributed by atoms with Crippen molar-refractivity contribution in [3.8, 4) is 11.4 Å². The van der Waals surface area contributed by atoms with Crippen molar-refractivity contribution in [2.45, 2.75) is 19.8 Å². The van der Waals surface area contributed by atoms with E-state index in [9.17, 15) is 4.79 Å². The molecule has 0 N–H and O–H groups in total. The van der Waals surface area contributed by atoms with Crippen LogP contribution in [-0.2, 0) is 6.42 Å². The molecular weight excluding hydrogens is 366 g/mol. The number of carbonyl (C=O) groups excluding carboxylic acids is 1. The van der Waals surface area contributed by atoms with E-state index in [1.165, 1.54) is 5.56 Å². The standard InChI is InChI=1S/C22H25N5O2/c1-17-4-6-18(7-5-17)21-24-20(29-25-21)3-2-12-26-13-15-27(16-14-26)22(28)19-8-10-23-11-9-19/h4-11H,2-3,12-16H2,1H3. The van der Waals surface area contributed by atoms with Gasteiger partial charge in [0.15, 0.2) is 0 Å². The summed E-state index contributed by atoms with van der Waals surface area (Å²) in [6.07, 6.45) is 5.03. The molecule has 1 aliphatic heterocycles. The molecule has 0 radical (unpaired) electrons. The quantitative estimate of drug-likeness (QED) is 0.643. The van der Waals surface area contributed by atoms with E-state index in [1.807, 2.05) is 29.2 Å². The Morgan fingerprint density at radius 3 is 2.48 bits per heavy atom. The van der Waals surface area contributed by atoms with Crippen LogP contribution in [-0.4, -0.2) is 63.6 Å². The van der Waals surface area contributed by atoms with Crippen LogP contribution in [0.4, 0.5) is 0 Å². The topological polar surface area (TPSA) is 75.4 Å². The number of amides is 1. The highest BCUT2D eigenvalue weighted by Crippen LogP contribution is 2.17. The number of benzene rings is 1. The van der Waals surface area contributed by atoms with Gasteiger partial charge in [0, 0.05) is 56.1 Å². The van der Waals surface area contributed by atoms with Crippen LogP contribution in [0, 0.1) is 6.92 Å². The largest absolute Gasteiger partial charge is 0.339 e. The second-order valence-corrected chi connectivity index (χ2v) is 7.35. The Kier molecular flexibility index (Phi) is 5.95. The summed E-state index contributed by atoms with van der Waals surface area (Å²) in [7, 11) is 0. The van der Waals surface area contributed by atoms with Gasteiger partial charge in [-0.3, -0.25) is 14.7 Å². The van der Waals surface area contributed by atoms with Gasteiger partial charge in [0.05, 0.1) is 0 Å². The maximum atomic E-state index is 12.5. The maximum absolute atomic E-state index is 12.5. The summed E-state index contributed by atoms with van der Waals surface area (Å²) in [6, 6.07) is 11.6. The van der Waals surface area contributed by atoms with Crippen molar-refractivity contribution in [2.75, 3.05) is 32.7 Å². The van der Waals surface area contributed by atoms with Crippen molar-refractivity contribution in [2.24, 2.45) is 0 Å². The fourth-order valence-electron chi connectivity index (χ4n) is 3.48. The van der Waals surface area contributed by atoms with Crippen LogP contribution in [0.25, 0.3) is 11.4 Å². The van der Waals surface area contributed by atoms with Gasteiger partial charge >= 0.3 is 0 Å². The molecule has 0 aliphatic carbocycles. The minimum atomic E-state index is 0.0848. The van der Waals surface area contributed by atoms with Gasteiger partial charge in [-0.15, -0.1) is 0 Å². The van der Waals surface area contributed by atoms with Gasteiger partial charge in [0.25, 0.3) is 5.91 Å². The SMILES string of the molecule is Cc1ccc(-c2noc(CCCN3CCN(C(=O)c4ccncc4)CC3)n2)cc1. The molecule has 1 aliphatic rings. The van der Waals surface area contributed by atoms with Gasteiger partial charge in [-0.25, -0.2) is 0 Å². The fraction of sp³-hybridized carbons (Fsp3) is 0.364. The molecule has 0 atom stereocenters. The van der Waals surface area contributed by atoms with Crippen molar-refractivity contribution in [1.29, 1.82) is 0 Å². The lowest BCUT2D eigenvalue weighted by Crippen LogP contribution is -2.48.